The van der Waals surface area contributed by atoms with Gasteiger partial charge in [-0.3, -0.25) is 0 Å². The summed E-state index contributed by atoms with van der Waals surface area (Å²) in [6.45, 7) is 4.53. The minimum Gasteiger partial charge on any atom is -0.192 e. The summed E-state index contributed by atoms with van der Waals surface area (Å²) in [5, 5.41) is 19.1. The molecular weight excluding hydrogens is 653 g/mol. The molecule has 0 aliphatic carbocycles. The Balaban J connectivity index is 1.57. The number of hydrogen-bond acceptors (Lipinski definition) is 8. The van der Waals surface area contributed by atoms with Crippen molar-refractivity contribution in [1.29, 1.82) is 10.5 Å². The summed E-state index contributed by atoms with van der Waals surface area (Å²) in [6.07, 6.45) is 13.4. The molecule has 44 heavy (non-hydrogen) atoms. The summed E-state index contributed by atoms with van der Waals surface area (Å²) in [7, 11) is 0. The number of hydrogen-bond donors (Lipinski definition) is 0. The highest BCUT2D eigenvalue weighted by atomic mass is 32.2. The molecule has 3 aliphatic rings. The number of allylic oxidation sites excluding steroid dienone is 4. The van der Waals surface area contributed by atoms with Crippen LogP contribution in [0.15, 0.2) is 75.3 Å². The maximum atomic E-state index is 9.54. The minimum absolute atomic E-state index is 0.670. The first-order valence-electron chi connectivity index (χ1n) is 15.5. The van der Waals surface area contributed by atoms with Crippen molar-refractivity contribution >= 4 is 81.7 Å². The van der Waals surface area contributed by atoms with Crippen molar-refractivity contribution in [2.24, 2.45) is 0 Å². The third-order valence-electron chi connectivity index (χ3n) is 7.71. The van der Waals surface area contributed by atoms with E-state index in [9.17, 15) is 10.5 Å². The van der Waals surface area contributed by atoms with Crippen LogP contribution >= 0.6 is 70.6 Å². The first-order valence-corrected chi connectivity index (χ1v) is 20.7. The fourth-order valence-corrected chi connectivity index (χ4v) is 13.9. The SMILES string of the molecule is CC1=C2SCCCCCCCCCCCCSC3=C(C)S/C(=C(c4ccc(C#N)cc4)\C(c4ccc(C#N)cc4)=C(\S1)S2)S3. The monoisotopic (exact) mass is 690 g/mol. The second-order valence-electron chi connectivity index (χ2n) is 11.0. The summed E-state index contributed by atoms with van der Waals surface area (Å²) in [5.74, 6) is 2.33. The van der Waals surface area contributed by atoms with Gasteiger partial charge in [0.2, 0.25) is 0 Å². The van der Waals surface area contributed by atoms with Gasteiger partial charge >= 0.3 is 0 Å². The Kier molecular flexibility index (Phi) is 13.4. The van der Waals surface area contributed by atoms with Crippen LogP contribution in [0.3, 0.4) is 0 Å². The van der Waals surface area contributed by atoms with Crippen molar-refractivity contribution < 1.29 is 0 Å². The molecule has 0 N–H and O–H groups in total. The van der Waals surface area contributed by atoms with Crippen molar-refractivity contribution in [3.8, 4) is 12.1 Å². The topological polar surface area (TPSA) is 47.6 Å². The van der Waals surface area contributed by atoms with Gasteiger partial charge in [0.05, 0.1) is 40.2 Å². The van der Waals surface area contributed by atoms with Crippen LogP contribution in [0.5, 0.6) is 0 Å². The van der Waals surface area contributed by atoms with E-state index >= 15 is 0 Å². The second-order valence-corrected chi connectivity index (χ2v) is 18.8. The standard InChI is InChI=1S/C36H38N2S6/c1-25-33-39-21-11-9-7-5-3-4-6-8-10-12-22-40-34-26(2)42-36(44-34)32(30-19-15-28(24-38)16-20-30)31(35(41-25)43-33)29-17-13-27(23-37)14-18-29/h13-20H,3-12,21-22H2,1-2H3/b35-31-,36-32+. The predicted molar refractivity (Wildman–Crippen MR) is 203 cm³/mol. The molecule has 2 nitrogen and oxygen atoms in total. The molecule has 0 aromatic heterocycles. The fraction of sp³-hybridized carbons (Fsp3) is 0.389. The van der Waals surface area contributed by atoms with Gasteiger partial charge in [0.25, 0.3) is 0 Å². The van der Waals surface area contributed by atoms with E-state index in [2.05, 4.69) is 50.3 Å². The molecule has 3 aliphatic heterocycles. The first-order chi connectivity index (χ1) is 21.6. The molecule has 0 saturated heterocycles. The fourth-order valence-electron chi connectivity index (χ4n) is 5.28. The molecule has 228 valence electrons. The van der Waals surface area contributed by atoms with Crippen molar-refractivity contribution in [2.45, 2.75) is 78.1 Å². The van der Waals surface area contributed by atoms with E-state index in [4.69, 9.17) is 0 Å². The second kappa shape index (κ2) is 17.4. The van der Waals surface area contributed by atoms with Crippen molar-refractivity contribution in [3.63, 3.8) is 0 Å². The molecule has 4 bridgehead atoms. The molecule has 0 fully saturated rings. The number of fused-ring (bicyclic) bond motifs is 4. The smallest absolute Gasteiger partial charge is 0.0991 e. The van der Waals surface area contributed by atoms with Crippen LogP contribution < -0.4 is 0 Å². The molecule has 0 radical (unpaired) electrons. The van der Waals surface area contributed by atoms with Gasteiger partial charge in [-0.05, 0) is 73.6 Å². The van der Waals surface area contributed by atoms with Gasteiger partial charge in [0.15, 0.2) is 0 Å². The highest BCUT2D eigenvalue weighted by Crippen LogP contribution is 2.62. The quantitative estimate of drug-likeness (QED) is 0.309. The van der Waals surface area contributed by atoms with E-state index < -0.39 is 0 Å². The Morgan fingerprint density at radius 1 is 0.455 bits per heavy atom. The van der Waals surface area contributed by atoms with Crippen LogP contribution in [-0.4, -0.2) is 11.5 Å². The summed E-state index contributed by atoms with van der Waals surface area (Å²) in [4.78, 5) is 2.75. The Bertz CT molecular complexity index is 1420. The Labute approximate surface area is 289 Å². The van der Waals surface area contributed by atoms with Crippen molar-refractivity contribution in [3.05, 3.63) is 97.5 Å². The third kappa shape index (κ3) is 9.05. The highest BCUT2D eigenvalue weighted by Gasteiger charge is 2.30. The number of rotatable bonds is 2. The number of nitrogens with zero attached hydrogens (tertiary/aromatic N) is 2. The Hall–Kier alpha value is -1.52. The average Bonchev–Trinajstić information content (AvgIpc) is 3.60. The zero-order chi connectivity index (χ0) is 30.7. The lowest BCUT2D eigenvalue weighted by atomic mass is 9.93. The maximum absolute atomic E-state index is 9.54. The first kappa shape index (κ1) is 33.8. The molecule has 5 rings (SSSR count). The molecular formula is C36H38N2S6. The molecule has 8 heteroatoms. The zero-order valence-corrected chi connectivity index (χ0v) is 30.3. The lowest BCUT2D eigenvalue weighted by Gasteiger charge is -2.19. The minimum atomic E-state index is 0.670. The number of benzene rings is 2. The normalized spacial score (nSPS) is 23.1. The van der Waals surface area contributed by atoms with Crippen LogP contribution in [-0.2, 0) is 0 Å². The zero-order valence-electron chi connectivity index (χ0n) is 25.4. The van der Waals surface area contributed by atoms with Crippen LogP contribution in [0.4, 0.5) is 0 Å². The summed E-state index contributed by atoms with van der Waals surface area (Å²) < 4.78 is 5.42. The van der Waals surface area contributed by atoms with Gasteiger partial charge in [-0.2, -0.15) is 10.5 Å². The molecule has 0 atom stereocenters. The molecule has 0 unspecified atom stereocenters. The van der Waals surface area contributed by atoms with E-state index in [1.165, 1.54) is 114 Å². The molecule has 0 amide bonds. The molecule has 3 heterocycles. The summed E-state index contributed by atoms with van der Waals surface area (Å²) in [5.41, 5.74) is 6.03. The molecule has 0 saturated carbocycles. The summed E-state index contributed by atoms with van der Waals surface area (Å²) >= 11 is 11.6. The van der Waals surface area contributed by atoms with Crippen LogP contribution in [0, 0.1) is 22.7 Å². The maximum Gasteiger partial charge on any atom is 0.0991 e. The Morgan fingerprint density at radius 2 is 0.795 bits per heavy atom. The Morgan fingerprint density at radius 3 is 1.14 bits per heavy atom. The van der Waals surface area contributed by atoms with E-state index in [1.807, 2.05) is 94.8 Å². The molecule has 2 aromatic carbocycles. The highest BCUT2D eigenvalue weighted by molar-refractivity contribution is 8.36. The van der Waals surface area contributed by atoms with E-state index in [0.29, 0.717) is 11.1 Å². The van der Waals surface area contributed by atoms with E-state index in [-0.39, 0.29) is 0 Å². The van der Waals surface area contributed by atoms with Gasteiger partial charge in [0.1, 0.15) is 0 Å². The van der Waals surface area contributed by atoms with Crippen LogP contribution in [0.25, 0.3) is 11.1 Å². The molecule has 2 aromatic rings. The summed E-state index contributed by atoms with van der Waals surface area (Å²) in [6, 6.07) is 20.8. The average molecular weight is 691 g/mol. The van der Waals surface area contributed by atoms with Crippen LogP contribution in [0.1, 0.15) is 100 Å². The van der Waals surface area contributed by atoms with E-state index in [1.54, 1.807) is 0 Å². The lowest BCUT2D eigenvalue weighted by Crippen LogP contribution is -1.96. The largest absolute Gasteiger partial charge is 0.192 e. The van der Waals surface area contributed by atoms with Crippen molar-refractivity contribution in [1.82, 2.24) is 0 Å². The molecule has 0 spiro atoms. The van der Waals surface area contributed by atoms with Gasteiger partial charge in [-0.15, -0.1) is 23.5 Å². The number of nitriles is 2. The van der Waals surface area contributed by atoms with Gasteiger partial charge in [-0.1, -0.05) is 123 Å². The van der Waals surface area contributed by atoms with Gasteiger partial charge in [-0.25, -0.2) is 0 Å². The van der Waals surface area contributed by atoms with Gasteiger partial charge in [0, 0.05) is 21.0 Å². The third-order valence-corrected chi connectivity index (χ3v) is 16.1. The lowest BCUT2D eigenvalue weighted by molar-refractivity contribution is 0.564. The number of thioether (sulfide) groups is 6. The van der Waals surface area contributed by atoms with E-state index in [0.717, 1.165) is 11.1 Å². The van der Waals surface area contributed by atoms with Crippen LogP contribution in [0.2, 0.25) is 0 Å². The van der Waals surface area contributed by atoms with Crippen molar-refractivity contribution in [2.75, 3.05) is 11.5 Å². The van der Waals surface area contributed by atoms with Gasteiger partial charge < -0.3 is 0 Å². The predicted octanol–water partition coefficient (Wildman–Crippen LogP) is 13.2.